The number of hydrogen-bond acceptors (Lipinski definition) is 4. The van der Waals surface area contributed by atoms with Crippen molar-refractivity contribution >= 4 is 23.1 Å². The molecular formula is C12H20N2O3S. The van der Waals surface area contributed by atoms with Gasteiger partial charge in [-0.15, -0.1) is 0 Å². The van der Waals surface area contributed by atoms with Crippen LogP contribution in [-0.2, 0) is 9.53 Å². The van der Waals surface area contributed by atoms with Crippen LogP contribution in [0.1, 0.15) is 26.2 Å². The first kappa shape index (κ1) is 13.7. The Balaban J connectivity index is 2.13. The number of rotatable bonds is 3. The van der Waals surface area contributed by atoms with Gasteiger partial charge >= 0.3 is 0 Å². The number of aliphatic hydroxyl groups is 1. The smallest absolute Gasteiger partial charge is 0.236 e. The first-order valence-electron chi connectivity index (χ1n) is 6.34. The Labute approximate surface area is 112 Å². The van der Waals surface area contributed by atoms with Crippen molar-refractivity contribution in [3.8, 4) is 0 Å². The molecule has 18 heavy (non-hydrogen) atoms. The van der Waals surface area contributed by atoms with Gasteiger partial charge < -0.3 is 20.5 Å². The molecule has 0 aromatic rings. The van der Waals surface area contributed by atoms with Gasteiger partial charge in [0, 0.05) is 6.54 Å². The molecule has 102 valence electrons. The van der Waals surface area contributed by atoms with Gasteiger partial charge in [0.25, 0.3) is 0 Å². The Morgan fingerprint density at radius 1 is 1.61 bits per heavy atom. The zero-order valence-electron chi connectivity index (χ0n) is 10.6. The molecule has 0 aromatic heterocycles. The number of amides is 1. The van der Waals surface area contributed by atoms with Crippen LogP contribution in [0.25, 0.3) is 0 Å². The van der Waals surface area contributed by atoms with Gasteiger partial charge in [0.15, 0.2) is 0 Å². The van der Waals surface area contributed by atoms with Gasteiger partial charge in [-0.1, -0.05) is 18.6 Å². The van der Waals surface area contributed by atoms with Gasteiger partial charge in [-0.05, 0) is 19.8 Å². The van der Waals surface area contributed by atoms with E-state index < -0.39 is 5.41 Å². The zero-order chi connectivity index (χ0) is 13.3. The quantitative estimate of drug-likeness (QED) is 0.710. The number of nitrogens with two attached hydrogens (primary N) is 1. The SMILES string of the molecule is CC1COC(CO)CN1C(=O)C1(C(N)=S)CCC1. The molecule has 2 unspecified atom stereocenters. The van der Waals surface area contributed by atoms with E-state index >= 15 is 0 Å². The summed E-state index contributed by atoms with van der Waals surface area (Å²) >= 11 is 5.07. The number of thiocarbonyl (C=S) groups is 1. The van der Waals surface area contributed by atoms with E-state index in [2.05, 4.69) is 0 Å². The molecule has 5 nitrogen and oxygen atoms in total. The highest BCUT2D eigenvalue weighted by atomic mass is 32.1. The lowest BCUT2D eigenvalue weighted by Crippen LogP contribution is -2.60. The Morgan fingerprint density at radius 2 is 2.28 bits per heavy atom. The number of morpholine rings is 1. The van der Waals surface area contributed by atoms with Gasteiger partial charge in [0.05, 0.1) is 35.8 Å². The highest BCUT2D eigenvalue weighted by Crippen LogP contribution is 2.43. The maximum atomic E-state index is 12.6. The van der Waals surface area contributed by atoms with Gasteiger partial charge in [-0.3, -0.25) is 4.79 Å². The molecule has 3 N–H and O–H groups in total. The van der Waals surface area contributed by atoms with Crippen molar-refractivity contribution in [2.24, 2.45) is 11.1 Å². The summed E-state index contributed by atoms with van der Waals surface area (Å²) in [5, 5.41) is 9.15. The number of aliphatic hydroxyl groups excluding tert-OH is 1. The fourth-order valence-electron chi connectivity index (χ4n) is 2.58. The summed E-state index contributed by atoms with van der Waals surface area (Å²) in [6.07, 6.45) is 2.18. The largest absolute Gasteiger partial charge is 0.394 e. The molecule has 1 amide bonds. The molecule has 2 rings (SSSR count). The molecule has 1 saturated heterocycles. The Kier molecular flexibility index (Phi) is 3.89. The maximum absolute atomic E-state index is 12.6. The van der Waals surface area contributed by atoms with Crippen LogP contribution in [0.4, 0.5) is 0 Å². The lowest BCUT2D eigenvalue weighted by Gasteiger charge is -2.46. The van der Waals surface area contributed by atoms with E-state index in [9.17, 15) is 4.79 Å². The predicted molar refractivity (Wildman–Crippen MR) is 71.1 cm³/mol. The zero-order valence-corrected chi connectivity index (χ0v) is 11.4. The van der Waals surface area contributed by atoms with Gasteiger partial charge in [0.1, 0.15) is 0 Å². The summed E-state index contributed by atoms with van der Waals surface area (Å²) < 4.78 is 5.44. The molecule has 0 bridgehead atoms. The molecule has 1 heterocycles. The van der Waals surface area contributed by atoms with E-state index in [1.807, 2.05) is 6.92 Å². The van der Waals surface area contributed by atoms with Gasteiger partial charge in [-0.25, -0.2) is 0 Å². The Hall–Kier alpha value is -0.720. The molecule has 0 aromatic carbocycles. The van der Waals surface area contributed by atoms with E-state index in [1.165, 1.54) is 0 Å². The van der Waals surface area contributed by atoms with Gasteiger partial charge in [-0.2, -0.15) is 0 Å². The van der Waals surface area contributed by atoms with Crippen molar-refractivity contribution in [1.29, 1.82) is 0 Å². The van der Waals surface area contributed by atoms with Crippen LogP contribution in [0.3, 0.4) is 0 Å². The second kappa shape index (κ2) is 5.11. The van der Waals surface area contributed by atoms with E-state index in [4.69, 9.17) is 27.8 Å². The average Bonchev–Trinajstić information content (AvgIpc) is 2.27. The summed E-state index contributed by atoms with van der Waals surface area (Å²) in [6, 6.07) is 0.00660. The standard InChI is InChI=1S/C12H20N2O3S/c1-8-7-17-9(6-15)5-14(8)11(16)12(10(13)18)3-2-4-12/h8-9,15H,2-7H2,1H3,(H2,13,18). The van der Waals surface area contributed by atoms with Crippen LogP contribution >= 0.6 is 12.2 Å². The van der Waals surface area contributed by atoms with Crippen molar-refractivity contribution in [1.82, 2.24) is 4.90 Å². The molecular weight excluding hydrogens is 252 g/mol. The fourth-order valence-corrected chi connectivity index (χ4v) is 2.87. The predicted octanol–water partition coefficient (Wildman–Crippen LogP) is 0.0510. The minimum atomic E-state index is -0.638. The molecule has 6 heteroatoms. The number of nitrogens with zero attached hydrogens (tertiary/aromatic N) is 1. The molecule has 1 saturated carbocycles. The number of ether oxygens (including phenoxy) is 1. The highest BCUT2D eigenvalue weighted by Gasteiger charge is 2.50. The third kappa shape index (κ3) is 2.13. The summed E-state index contributed by atoms with van der Waals surface area (Å²) in [6.45, 7) is 2.74. The van der Waals surface area contributed by atoms with Crippen LogP contribution in [0.2, 0.25) is 0 Å². The normalized spacial score (nSPS) is 30.7. The molecule has 2 fully saturated rings. The maximum Gasteiger partial charge on any atom is 0.236 e. The third-order valence-corrected chi connectivity index (χ3v) is 4.45. The topological polar surface area (TPSA) is 75.8 Å². The summed E-state index contributed by atoms with van der Waals surface area (Å²) in [5.74, 6) is 0.00972. The summed E-state index contributed by atoms with van der Waals surface area (Å²) in [4.78, 5) is 14.7. The second-order valence-corrected chi connectivity index (χ2v) is 5.68. The van der Waals surface area contributed by atoms with E-state index in [1.54, 1.807) is 4.90 Å². The third-order valence-electron chi connectivity index (χ3n) is 4.06. The van der Waals surface area contributed by atoms with Crippen molar-refractivity contribution in [2.45, 2.75) is 38.3 Å². The van der Waals surface area contributed by atoms with Crippen molar-refractivity contribution in [3.05, 3.63) is 0 Å². The van der Waals surface area contributed by atoms with Gasteiger partial charge in [0.2, 0.25) is 5.91 Å². The number of hydrogen-bond donors (Lipinski definition) is 2. The van der Waals surface area contributed by atoms with Crippen molar-refractivity contribution in [3.63, 3.8) is 0 Å². The Bertz CT molecular complexity index is 357. The molecule has 0 spiro atoms. The summed E-state index contributed by atoms with van der Waals surface area (Å²) in [5.41, 5.74) is 5.12. The van der Waals surface area contributed by atoms with Crippen LogP contribution in [0.15, 0.2) is 0 Å². The second-order valence-electron chi connectivity index (χ2n) is 5.24. The van der Waals surface area contributed by atoms with Crippen molar-refractivity contribution < 1.29 is 14.6 Å². The monoisotopic (exact) mass is 272 g/mol. The lowest BCUT2D eigenvalue weighted by molar-refractivity contribution is -0.156. The van der Waals surface area contributed by atoms with Crippen LogP contribution in [0.5, 0.6) is 0 Å². The van der Waals surface area contributed by atoms with Crippen LogP contribution < -0.4 is 5.73 Å². The fraction of sp³-hybridized carbons (Fsp3) is 0.833. The first-order valence-corrected chi connectivity index (χ1v) is 6.75. The number of carbonyl (C=O) groups excluding carboxylic acids is 1. The first-order chi connectivity index (χ1) is 8.51. The Morgan fingerprint density at radius 3 is 2.72 bits per heavy atom. The minimum absolute atomic E-state index is 0.00660. The van der Waals surface area contributed by atoms with E-state index in [-0.39, 0.29) is 24.7 Å². The lowest BCUT2D eigenvalue weighted by atomic mass is 9.67. The molecule has 2 atom stereocenters. The average molecular weight is 272 g/mol. The molecule has 2 aliphatic rings. The van der Waals surface area contributed by atoms with Crippen LogP contribution in [-0.4, -0.2) is 52.8 Å². The van der Waals surface area contributed by atoms with E-state index in [0.717, 1.165) is 19.3 Å². The molecule has 1 aliphatic heterocycles. The van der Waals surface area contributed by atoms with E-state index in [0.29, 0.717) is 18.1 Å². The van der Waals surface area contributed by atoms with Crippen LogP contribution in [0, 0.1) is 5.41 Å². The van der Waals surface area contributed by atoms with Crippen molar-refractivity contribution in [2.75, 3.05) is 19.8 Å². The molecule has 1 aliphatic carbocycles. The minimum Gasteiger partial charge on any atom is -0.394 e. The molecule has 0 radical (unpaired) electrons. The summed E-state index contributed by atoms with van der Waals surface area (Å²) in [7, 11) is 0. The highest BCUT2D eigenvalue weighted by molar-refractivity contribution is 7.80. The number of carbonyl (C=O) groups is 1.